The number of ether oxygens (including phenoxy) is 3. The Hall–Kier alpha value is -1.75. The van der Waals surface area contributed by atoms with Gasteiger partial charge in [-0.2, -0.15) is 5.10 Å². The van der Waals surface area contributed by atoms with Crippen molar-refractivity contribution in [2.75, 3.05) is 34.5 Å². The zero-order chi connectivity index (χ0) is 14.4. The highest BCUT2D eigenvalue weighted by molar-refractivity contribution is 5.80. The van der Waals surface area contributed by atoms with Crippen LogP contribution in [0.1, 0.15) is 18.4 Å². The van der Waals surface area contributed by atoms with Crippen LogP contribution in [-0.2, 0) is 4.74 Å². The summed E-state index contributed by atoms with van der Waals surface area (Å²) < 4.78 is 15.7. The van der Waals surface area contributed by atoms with Gasteiger partial charge in [0.2, 0.25) is 0 Å². The van der Waals surface area contributed by atoms with Crippen LogP contribution in [0.3, 0.4) is 0 Å². The van der Waals surface area contributed by atoms with Gasteiger partial charge in [-0.15, -0.1) is 0 Å². The molecule has 0 amide bonds. The summed E-state index contributed by atoms with van der Waals surface area (Å²) in [6.07, 6.45) is 4.16. The van der Waals surface area contributed by atoms with Gasteiger partial charge in [-0.05, 0) is 36.6 Å². The minimum absolute atomic E-state index is 0.386. The molecule has 1 aliphatic heterocycles. The van der Waals surface area contributed by atoms with Crippen molar-refractivity contribution in [2.45, 2.75) is 18.9 Å². The van der Waals surface area contributed by atoms with Gasteiger partial charge in [0, 0.05) is 13.7 Å². The van der Waals surface area contributed by atoms with E-state index in [4.69, 9.17) is 14.2 Å². The summed E-state index contributed by atoms with van der Waals surface area (Å²) in [6, 6.07) is 6.16. The summed E-state index contributed by atoms with van der Waals surface area (Å²) >= 11 is 0. The molecule has 1 atom stereocenters. The number of methoxy groups -OCH3 is 3. The third kappa shape index (κ3) is 3.42. The lowest BCUT2D eigenvalue weighted by Gasteiger charge is -2.20. The van der Waals surface area contributed by atoms with Crippen molar-refractivity contribution in [2.24, 2.45) is 5.10 Å². The second-order valence-corrected chi connectivity index (χ2v) is 4.77. The zero-order valence-electron chi connectivity index (χ0n) is 12.3. The van der Waals surface area contributed by atoms with Crippen molar-refractivity contribution in [1.29, 1.82) is 0 Å². The molecule has 1 aliphatic rings. The third-order valence-electron chi connectivity index (χ3n) is 3.47. The standard InChI is InChI=1S/C15H22N2O3/c1-18-11-13-5-4-8-17(13)16-10-12-6-7-14(19-2)15(9-12)20-3/h6-7,9-10,13H,4-5,8,11H2,1-3H3/b16-10+/t13-/m0/s1. The minimum Gasteiger partial charge on any atom is -0.493 e. The Morgan fingerprint density at radius 3 is 2.75 bits per heavy atom. The lowest BCUT2D eigenvalue weighted by molar-refractivity contribution is 0.118. The third-order valence-corrected chi connectivity index (χ3v) is 3.47. The summed E-state index contributed by atoms with van der Waals surface area (Å²) in [4.78, 5) is 0. The van der Waals surface area contributed by atoms with Crippen LogP contribution in [0.25, 0.3) is 0 Å². The molecule has 0 radical (unpaired) electrons. The van der Waals surface area contributed by atoms with Crippen LogP contribution < -0.4 is 9.47 Å². The second kappa shape index (κ2) is 7.14. The predicted molar refractivity (Wildman–Crippen MR) is 78.7 cm³/mol. The van der Waals surface area contributed by atoms with Crippen molar-refractivity contribution in [1.82, 2.24) is 5.01 Å². The summed E-state index contributed by atoms with van der Waals surface area (Å²) in [5.74, 6) is 1.44. The smallest absolute Gasteiger partial charge is 0.161 e. The van der Waals surface area contributed by atoms with Gasteiger partial charge < -0.3 is 14.2 Å². The van der Waals surface area contributed by atoms with Crippen LogP contribution >= 0.6 is 0 Å². The molecule has 0 saturated carbocycles. The first-order valence-corrected chi connectivity index (χ1v) is 6.80. The molecule has 1 fully saturated rings. The Morgan fingerprint density at radius 1 is 1.25 bits per heavy atom. The summed E-state index contributed by atoms with van der Waals surface area (Å²) in [5.41, 5.74) is 0.991. The Bertz CT molecular complexity index is 462. The van der Waals surface area contributed by atoms with Gasteiger partial charge in [-0.25, -0.2) is 0 Å². The van der Waals surface area contributed by atoms with Crippen LogP contribution in [-0.4, -0.2) is 51.7 Å². The largest absolute Gasteiger partial charge is 0.493 e. The first-order chi connectivity index (χ1) is 9.78. The quantitative estimate of drug-likeness (QED) is 0.748. The van der Waals surface area contributed by atoms with Crippen molar-refractivity contribution in [3.63, 3.8) is 0 Å². The fraction of sp³-hybridized carbons (Fsp3) is 0.533. The molecule has 1 heterocycles. The molecule has 1 aromatic carbocycles. The number of hydrogen-bond donors (Lipinski definition) is 0. The molecular formula is C15H22N2O3. The van der Waals surface area contributed by atoms with Crippen molar-refractivity contribution >= 4 is 6.21 Å². The van der Waals surface area contributed by atoms with E-state index in [2.05, 4.69) is 10.1 Å². The van der Waals surface area contributed by atoms with E-state index in [9.17, 15) is 0 Å². The molecule has 0 aromatic heterocycles. The molecule has 1 saturated heterocycles. The van der Waals surface area contributed by atoms with Gasteiger partial charge in [0.25, 0.3) is 0 Å². The van der Waals surface area contributed by atoms with Crippen molar-refractivity contribution < 1.29 is 14.2 Å². The lowest BCUT2D eigenvalue weighted by atomic mass is 10.2. The molecule has 0 spiro atoms. The normalized spacial score (nSPS) is 18.8. The average molecular weight is 278 g/mol. The Morgan fingerprint density at radius 2 is 2.05 bits per heavy atom. The maximum Gasteiger partial charge on any atom is 0.161 e. The maximum absolute atomic E-state index is 5.29. The SMILES string of the molecule is COC[C@@H]1CCCN1/N=C/c1ccc(OC)c(OC)c1. The topological polar surface area (TPSA) is 43.3 Å². The fourth-order valence-electron chi connectivity index (χ4n) is 2.41. The van der Waals surface area contributed by atoms with Crippen LogP contribution in [0.2, 0.25) is 0 Å². The molecule has 0 bridgehead atoms. The summed E-state index contributed by atoms with van der Waals surface area (Å²) in [6.45, 7) is 1.71. The van der Waals surface area contributed by atoms with E-state index < -0.39 is 0 Å². The first kappa shape index (κ1) is 14.7. The first-order valence-electron chi connectivity index (χ1n) is 6.80. The van der Waals surface area contributed by atoms with Crippen molar-refractivity contribution in [3.05, 3.63) is 23.8 Å². The van der Waals surface area contributed by atoms with E-state index in [0.717, 1.165) is 37.3 Å². The minimum atomic E-state index is 0.386. The predicted octanol–water partition coefficient (Wildman–Crippen LogP) is 2.15. The van der Waals surface area contributed by atoms with E-state index in [1.54, 1.807) is 21.3 Å². The van der Waals surface area contributed by atoms with E-state index >= 15 is 0 Å². The molecule has 0 unspecified atom stereocenters. The molecule has 0 aliphatic carbocycles. The highest BCUT2D eigenvalue weighted by Gasteiger charge is 2.22. The molecular weight excluding hydrogens is 256 g/mol. The van der Waals surface area contributed by atoms with Crippen LogP contribution in [0.15, 0.2) is 23.3 Å². The fourth-order valence-corrected chi connectivity index (χ4v) is 2.41. The van der Waals surface area contributed by atoms with E-state index in [1.165, 1.54) is 0 Å². The Kier molecular flexibility index (Phi) is 5.24. The molecule has 110 valence electrons. The van der Waals surface area contributed by atoms with Gasteiger partial charge >= 0.3 is 0 Å². The van der Waals surface area contributed by atoms with E-state index in [0.29, 0.717) is 11.8 Å². The second-order valence-electron chi connectivity index (χ2n) is 4.77. The maximum atomic E-state index is 5.29. The highest BCUT2D eigenvalue weighted by atomic mass is 16.5. The molecule has 5 nitrogen and oxygen atoms in total. The summed E-state index contributed by atoms with van der Waals surface area (Å²) in [7, 11) is 4.99. The molecule has 20 heavy (non-hydrogen) atoms. The van der Waals surface area contributed by atoms with E-state index in [-0.39, 0.29) is 0 Å². The van der Waals surface area contributed by atoms with Gasteiger partial charge in [0.15, 0.2) is 11.5 Å². The molecule has 5 heteroatoms. The van der Waals surface area contributed by atoms with Crippen LogP contribution in [0, 0.1) is 0 Å². The van der Waals surface area contributed by atoms with Crippen molar-refractivity contribution in [3.8, 4) is 11.5 Å². The average Bonchev–Trinajstić information content (AvgIpc) is 2.92. The number of nitrogens with zero attached hydrogens (tertiary/aromatic N) is 2. The van der Waals surface area contributed by atoms with Gasteiger partial charge in [-0.3, -0.25) is 5.01 Å². The van der Waals surface area contributed by atoms with Gasteiger partial charge in [0.1, 0.15) is 0 Å². The Balaban J connectivity index is 2.07. The number of rotatable bonds is 6. The van der Waals surface area contributed by atoms with Gasteiger partial charge in [0.05, 0.1) is 33.1 Å². The Labute approximate surface area is 120 Å². The lowest BCUT2D eigenvalue weighted by Crippen LogP contribution is -2.28. The monoisotopic (exact) mass is 278 g/mol. The van der Waals surface area contributed by atoms with Crippen LogP contribution in [0.4, 0.5) is 0 Å². The highest BCUT2D eigenvalue weighted by Crippen LogP contribution is 2.27. The summed E-state index contributed by atoms with van der Waals surface area (Å²) in [5, 5.41) is 6.65. The molecule has 1 aromatic rings. The number of hydrogen-bond acceptors (Lipinski definition) is 5. The van der Waals surface area contributed by atoms with Crippen LogP contribution in [0.5, 0.6) is 11.5 Å². The molecule has 2 rings (SSSR count). The number of benzene rings is 1. The van der Waals surface area contributed by atoms with E-state index in [1.807, 2.05) is 24.4 Å². The zero-order valence-corrected chi connectivity index (χ0v) is 12.3. The number of hydrazone groups is 1. The molecule has 0 N–H and O–H groups in total. The van der Waals surface area contributed by atoms with Gasteiger partial charge in [-0.1, -0.05) is 0 Å².